The van der Waals surface area contributed by atoms with Crippen LogP contribution in [0.25, 0.3) is 0 Å². The van der Waals surface area contributed by atoms with Crippen LogP contribution in [0, 0.1) is 5.82 Å². The summed E-state index contributed by atoms with van der Waals surface area (Å²) in [6, 6.07) is 4.10. The third kappa shape index (κ3) is 2.06. The summed E-state index contributed by atoms with van der Waals surface area (Å²) in [5.41, 5.74) is 0.201. The third-order valence-electron chi connectivity index (χ3n) is 2.94. The van der Waals surface area contributed by atoms with Gasteiger partial charge in [0.15, 0.2) is 12.0 Å². The lowest BCUT2D eigenvalue weighted by molar-refractivity contribution is -0.120. The van der Waals surface area contributed by atoms with Gasteiger partial charge >= 0.3 is 0 Å². The number of hydrogen-bond donors (Lipinski definition) is 2. The van der Waals surface area contributed by atoms with E-state index in [-0.39, 0.29) is 16.5 Å². The fourth-order valence-electron chi connectivity index (χ4n) is 1.84. The Morgan fingerprint density at radius 1 is 1.44 bits per heavy atom. The maximum absolute atomic E-state index is 13.8. The lowest BCUT2D eigenvalue weighted by atomic mass is 10.1. The number of guanidine groups is 1. The van der Waals surface area contributed by atoms with E-state index in [1.54, 1.807) is 6.07 Å². The molecule has 0 radical (unpaired) electrons. The van der Waals surface area contributed by atoms with Crippen molar-refractivity contribution in [2.75, 3.05) is 0 Å². The van der Waals surface area contributed by atoms with Crippen LogP contribution in [0.2, 0.25) is 5.02 Å². The SMILES string of the molecule is O=C1NC(NC2CC2)=NC1c1cccc(Cl)c1F. The highest BCUT2D eigenvalue weighted by Crippen LogP contribution is 2.28. The monoisotopic (exact) mass is 267 g/mol. The van der Waals surface area contributed by atoms with E-state index in [1.807, 2.05) is 0 Å². The standard InChI is InChI=1S/C12H11ClFN3O/c13-8-3-1-2-7(9(8)14)10-11(18)17-12(16-10)15-6-4-5-6/h1-3,6,10H,4-5H2,(H2,15,16,17,18). The van der Waals surface area contributed by atoms with Gasteiger partial charge in [-0.2, -0.15) is 0 Å². The quantitative estimate of drug-likeness (QED) is 0.858. The minimum atomic E-state index is -0.857. The van der Waals surface area contributed by atoms with E-state index in [9.17, 15) is 9.18 Å². The van der Waals surface area contributed by atoms with Crippen molar-refractivity contribution in [3.05, 3.63) is 34.6 Å². The van der Waals surface area contributed by atoms with Crippen molar-refractivity contribution in [3.63, 3.8) is 0 Å². The van der Waals surface area contributed by atoms with Crippen LogP contribution in [0.5, 0.6) is 0 Å². The molecule has 1 unspecified atom stereocenters. The highest BCUT2D eigenvalue weighted by Gasteiger charge is 2.33. The number of hydrogen-bond acceptors (Lipinski definition) is 3. The number of halogens is 2. The van der Waals surface area contributed by atoms with Crippen molar-refractivity contribution in [2.24, 2.45) is 4.99 Å². The summed E-state index contributed by atoms with van der Waals surface area (Å²) in [6.45, 7) is 0. The second kappa shape index (κ2) is 4.24. The molecule has 1 aromatic rings. The van der Waals surface area contributed by atoms with Crippen LogP contribution in [0.15, 0.2) is 23.2 Å². The van der Waals surface area contributed by atoms with E-state index >= 15 is 0 Å². The zero-order valence-electron chi connectivity index (χ0n) is 9.41. The molecule has 6 heteroatoms. The number of amides is 1. The van der Waals surface area contributed by atoms with Crippen LogP contribution in [-0.4, -0.2) is 17.9 Å². The molecule has 1 amide bonds. The summed E-state index contributed by atoms with van der Waals surface area (Å²) in [7, 11) is 0. The molecule has 18 heavy (non-hydrogen) atoms. The van der Waals surface area contributed by atoms with Crippen LogP contribution in [0.3, 0.4) is 0 Å². The van der Waals surface area contributed by atoms with Crippen molar-refractivity contribution < 1.29 is 9.18 Å². The Bertz CT molecular complexity index is 542. The van der Waals surface area contributed by atoms with Crippen molar-refractivity contribution in [2.45, 2.75) is 24.9 Å². The lowest BCUT2D eigenvalue weighted by Crippen LogP contribution is -2.37. The molecule has 1 fully saturated rings. The van der Waals surface area contributed by atoms with Gasteiger partial charge in [0.2, 0.25) is 0 Å². The van der Waals surface area contributed by atoms with Crippen molar-refractivity contribution in [1.29, 1.82) is 0 Å². The summed E-state index contributed by atoms with van der Waals surface area (Å²) in [5, 5.41) is 5.69. The van der Waals surface area contributed by atoms with E-state index in [2.05, 4.69) is 15.6 Å². The van der Waals surface area contributed by atoms with Gasteiger partial charge in [0.05, 0.1) is 5.02 Å². The van der Waals surface area contributed by atoms with Crippen molar-refractivity contribution >= 4 is 23.5 Å². The average Bonchev–Trinajstić information content (AvgIpc) is 3.06. The summed E-state index contributed by atoms with van der Waals surface area (Å²) >= 11 is 5.70. The lowest BCUT2D eigenvalue weighted by Gasteiger charge is -2.06. The predicted octanol–water partition coefficient (Wildman–Crippen LogP) is 1.76. The maximum atomic E-state index is 13.8. The van der Waals surface area contributed by atoms with Crippen LogP contribution in [0.1, 0.15) is 24.4 Å². The number of nitrogens with zero attached hydrogens (tertiary/aromatic N) is 1. The van der Waals surface area contributed by atoms with Gasteiger partial charge in [0.25, 0.3) is 5.91 Å². The molecule has 2 N–H and O–H groups in total. The Kier molecular flexibility index (Phi) is 2.70. The van der Waals surface area contributed by atoms with Crippen LogP contribution >= 0.6 is 11.6 Å². The van der Waals surface area contributed by atoms with E-state index in [0.29, 0.717) is 12.0 Å². The molecule has 94 valence electrons. The topological polar surface area (TPSA) is 53.5 Å². The molecule has 0 saturated heterocycles. The number of aliphatic imine (C=N–C) groups is 1. The van der Waals surface area contributed by atoms with Crippen LogP contribution in [0.4, 0.5) is 4.39 Å². The van der Waals surface area contributed by atoms with Gasteiger partial charge in [0.1, 0.15) is 5.82 Å². The molecule has 0 bridgehead atoms. The first kappa shape index (κ1) is 11.5. The molecule has 2 aliphatic rings. The average molecular weight is 268 g/mol. The number of benzene rings is 1. The van der Waals surface area contributed by atoms with Crippen LogP contribution < -0.4 is 10.6 Å². The maximum Gasteiger partial charge on any atom is 0.256 e. The summed E-state index contributed by atoms with van der Waals surface area (Å²) in [4.78, 5) is 15.9. The molecular weight excluding hydrogens is 257 g/mol. The van der Waals surface area contributed by atoms with Crippen LogP contribution in [-0.2, 0) is 4.79 Å². The normalized spacial score (nSPS) is 22.7. The third-order valence-corrected chi connectivity index (χ3v) is 3.23. The van der Waals surface area contributed by atoms with E-state index in [0.717, 1.165) is 12.8 Å². The second-order valence-corrected chi connectivity index (χ2v) is 4.84. The van der Waals surface area contributed by atoms with Gasteiger partial charge in [-0.1, -0.05) is 23.7 Å². The van der Waals surface area contributed by atoms with E-state index in [4.69, 9.17) is 11.6 Å². The Morgan fingerprint density at radius 3 is 2.94 bits per heavy atom. The molecular formula is C12H11ClFN3O. The predicted molar refractivity (Wildman–Crippen MR) is 65.9 cm³/mol. The molecule has 1 heterocycles. The zero-order chi connectivity index (χ0) is 12.7. The second-order valence-electron chi connectivity index (χ2n) is 4.43. The molecule has 1 aliphatic heterocycles. The van der Waals surface area contributed by atoms with Gasteiger partial charge in [-0.05, 0) is 18.9 Å². The van der Waals surface area contributed by atoms with Crippen molar-refractivity contribution in [3.8, 4) is 0 Å². The first-order valence-corrected chi connectivity index (χ1v) is 6.12. The summed E-state index contributed by atoms with van der Waals surface area (Å²) < 4.78 is 13.8. The Labute approximate surface area is 108 Å². The minimum Gasteiger partial charge on any atom is -0.353 e. The molecule has 1 saturated carbocycles. The summed E-state index contributed by atoms with van der Waals surface area (Å²) in [6.07, 6.45) is 2.15. The Morgan fingerprint density at radius 2 is 2.22 bits per heavy atom. The van der Waals surface area contributed by atoms with Gasteiger partial charge in [-0.15, -0.1) is 0 Å². The summed E-state index contributed by atoms with van der Waals surface area (Å²) in [5.74, 6) is -0.498. The molecule has 0 spiro atoms. The first-order chi connectivity index (χ1) is 8.65. The zero-order valence-corrected chi connectivity index (χ0v) is 10.2. The van der Waals surface area contributed by atoms with E-state index < -0.39 is 11.9 Å². The number of rotatable bonds is 2. The van der Waals surface area contributed by atoms with Crippen molar-refractivity contribution in [1.82, 2.24) is 10.6 Å². The molecule has 3 rings (SSSR count). The number of nitrogens with one attached hydrogen (secondary N) is 2. The highest BCUT2D eigenvalue weighted by atomic mass is 35.5. The molecule has 4 nitrogen and oxygen atoms in total. The largest absolute Gasteiger partial charge is 0.353 e. The minimum absolute atomic E-state index is 0.000831. The number of carbonyl (C=O) groups is 1. The Balaban J connectivity index is 1.88. The fraction of sp³-hybridized carbons (Fsp3) is 0.333. The fourth-order valence-corrected chi connectivity index (χ4v) is 2.02. The molecule has 1 atom stereocenters. The first-order valence-electron chi connectivity index (χ1n) is 5.74. The highest BCUT2D eigenvalue weighted by molar-refractivity contribution is 6.30. The van der Waals surface area contributed by atoms with Gasteiger partial charge in [-0.25, -0.2) is 9.38 Å². The van der Waals surface area contributed by atoms with E-state index in [1.165, 1.54) is 12.1 Å². The smallest absolute Gasteiger partial charge is 0.256 e. The van der Waals surface area contributed by atoms with Gasteiger partial charge < -0.3 is 5.32 Å². The number of carbonyl (C=O) groups excluding carboxylic acids is 1. The molecule has 1 aromatic carbocycles. The molecule has 1 aliphatic carbocycles. The van der Waals surface area contributed by atoms with Gasteiger partial charge in [0, 0.05) is 11.6 Å². The molecule has 0 aromatic heterocycles. The van der Waals surface area contributed by atoms with Gasteiger partial charge in [-0.3, -0.25) is 10.1 Å². The Hall–Kier alpha value is -1.62.